The zero-order chi connectivity index (χ0) is 17.6. The number of rotatable bonds is 6. The van der Waals surface area contributed by atoms with E-state index in [-0.39, 0.29) is 5.91 Å². The van der Waals surface area contributed by atoms with Gasteiger partial charge < -0.3 is 14.8 Å². The average Bonchev–Trinajstić information content (AvgIpc) is 2.66. The predicted molar refractivity (Wildman–Crippen MR) is 100 cm³/mol. The molecule has 1 amide bonds. The lowest BCUT2D eigenvalue weighted by Gasteiger charge is -2.18. The Kier molecular flexibility index (Phi) is 5.19. The summed E-state index contributed by atoms with van der Waals surface area (Å²) in [5, 5.41) is 5.11. The van der Waals surface area contributed by atoms with Crippen molar-refractivity contribution in [2.24, 2.45) is 0 Å². The van der Waals surface area contributed by atoms with Gasteiger partial charge in [-0.15, -0.1) is 0 Å². The molecule has 0 heterocycles. The van der Waals surface area contributed by atoms with Gasteiger partial charge in [0, 0.05) is 11.8 Å². The van der Waals surface area contributed by atoms with Gasteiger partial charge in [-0.1, -0.05) is 43.3 Å². The highest BCUT2D eigenvalue weighted by atomic mass is 16.5. The van der Waals surface area contributed by atoms with Gasteiger partial charge in [-0.05, 0) is 41.5 Å². The Morgan fingerprint density at radius 3 is 2.52 bits per heavy atom. The molecular weight excluding hydrogens is 314 g/mol. The van der Waals surface area contributed by atoms with E-state index in [9.17, 15) is 4.79 Å². The third kappa shape index (κ3) is 4.10. The molecule has 3 aromatic carbocycles. The van der Waals surface area contributed by atoms with Gasteiger partial charge in [-0.2, -0.15) is 0 Å². The number of hydrogen-bond acceptors (Lipinski definition) is 3. The summed E-state index contributed by atoms with van der Waals surface area (Å²) in [6, 6.07) is 21.2. The van der Waals surface area contributed by atoms with Crippen LogP contribution in [-0.4, -0.2) is 19.1 Å². The lowest BCUT2D eigenvalue weighted by Crippen LogP contribution is -2.32. The maximum Gasteiger partial charge on any atom is 0.265 e. The molecule has 1 N–H and O–H groups in total. The lowest BCUT2D eigenvalue weighted by atomic mass is 10.1. The van der Waals surface area contributed by atoms with E-state index in [1.807, 2.05) is 67.6 Å². The summed E-state index contributed by atoms with van der Waals surface area (Å²) in [6.07, 6.45) is 0.00943. The molecule has 0 bridgehead atoms. The largest absolute Gasteiger partial charge is 0.497 e. The molecule has 25 heavy (non-hydrogen) atoms. The highest BCUT2D eigenvalue weighted by molar-refractivity contribution is 5.94. The third-order valence-corrected chi connectivity index (χ3v) is 4.00. The average molecular weight is 335 g/mol. The number of carbonyl (C=O) groups excluding carboxylic acids is 1. The summed E-state index contributed by atoms with van der Waals surface area (Å²) >= 11 is 0. The van der Waals surface area contributed by atoms with Crippen LogP contribution in [0.5, 0.6) is 11.5 Å². The Balaban J connectivity index is 1.72. The van der Waals surface area contributed by atoms with Crippen LogP contribution in [0.2, 0.25) is 0 Å². The summed E-state index contributed by atoms with van der Waals surface area (Å²) in [6.45, 7) is 1.93. The van der Waals surface area contributed by atoms with Crippen LogP contribution < -0.4 is 14.8 Å². The van der Waals surface area contributed by atoms with Crippen molar-refractivity contribution in [3.05, 3.63) is 66.7 Å². The third-order valence-electron chi connectivity index (χ3n) is 4.00. The maximum absolute atomic E-state index is 12.5. The fourth-order valence-corrected chi connectivity index (χ4v) is 2.65. The summed E-state index contributed by atoms with van der Waals surface area (Å²) in [7, 11) is 1.60. The van der Waals surface area contributed by atoms with Crippen molar-refractivity contribution in [3.8, 4) is 11.5 Å². The Bertz CT molecular complexity index is 876. The summed E-state index contributed by atoms with van der Waals surface area (Å²) in [5.41, 5.74) is 0.685. The molecule has 0 aliphatic rings. The molecular formula is C21H21NO3. The highest BCUT2D eigenvalue weighted by Gasteiger charge is 2.19. The molecule has 0 aliphatic carbocycles. The van der Waals surface area contributed by atoms with E-state index in [2.05, 4.69) is 5.32 Å². The fourth-order valence-electron chi connectivity index (χ4n) is 2.65. The Morgan fingerprint density at radius 1 is 0.960 bits per heavy atom. The van der Waals surface area contributed by atoms with E-state index in [0.29, 0.717) is 23.6 Å². The van der Waals surface area contributed by atoms with Crippen molar-refractivity contribution >= 4 is 22.4 Å². The molecule has 128 valence electrons. The van der Waals surface area contributed by atoms with E-state index in [1.54, 1.807) is 13.2 Å². The van der Waals surface area contributed by atoms with Crippen molar-refractivity contribution in [1.29, 1.82) is 0 Å². The first-order valence-corrected chi connectivity index (χ1v) is 8.30. The Labute approximate surface area is 147 Å². The van der Waals surface area contributed by atoms with E-state index >= 15 is 0 Å². The van der Waals surface area contributed by atoms with E-state index in [1.165, 1.54) is 0 Å². The number of methoxy groups -OCH3 is 1. The second-order valence-electron chi connectivity index (χ2n) is 5.74. The lowest BCUT2D eigenvalue weighted by molar-refractivity contribution is -0.122. The monoisotopic (exact) mass is 335 g/mol. The first kappa shape index (κ1) is 16.8. The van der Waals surface area contributed by atoms with E-state index in [4.69, 9.17) is 9.47 Å². The molecule has 0 spiro atoms. The Morgan fingerprint density at radius 2 is 1.76 bits per heavy atom. The van der Waals surface area contributed by atoms with Crippen LogP contribution >= 0.6 is 0 Å². The number of fused-ring (bicyclic) bond motifs is 1. The standard InChI is InChI=1S/C21H21NO3/c1-3-20(21(23)22-17-9-6-10-18(14-17)24-2)25-19-12-11-15-7-4-5-8-16(15)13-19/h4-14,20H,3H2,1-2H3,(H,22,23)/t20-/m1/s1. The van der Waals surface area contributed by atoms with Crippen LogP contribution in [0.15, 0.2) is 66.7 Å². The SMILES string of the molecule is CC[C@@H](Oc1ccc2ccccc2c1)C(=O)Nc1cccc(OC)c1. The molecule has 0 aliphatic heterocycles. The van der Waals surface area contributed by atoms with Gasteiger partial charge in [0.25, 0.3) is 5.91 Å². The zero-order valence-electron chi connectivity index (χ0n) is 14.4. The van der Waals surface area contributed by atoms with Gasteiger partial charge in [0.1, 0.15) is 11.5 Å². The minimum Gasteiger partial charge on any atom is -0.497 e. The molecule has 0 saturated carbocycles. The minimum atomic E-state index is -0.563. The van der Waals surface area contributed by atoms with Gasteiger partial charge >= 0.3 is 0 Å². The molecule has 0 unspecified atom stereocenters. The van der Waals surface area contributed by atoms with Crippen molar-refractivity contribution < 1.29 is 14.3 Å². The second-order valence-corrected chi connectivity index (χ2v) is 5.74. The van der Waals surface area contributed by atoms with Crippen LogP contribution in [0.1, 0.15) is 13.3 Å². The number of anilines is 1. The maximum atomic E-state index is 12.5. The quantitative estimate of drug-likeness (QED) is 0.713. The topological polar surface area (TPSA) is 47.6 Å². The van der Waals surface area contributed by atoms with Gasteiger partial charge in [-0.25, -0.2) is 0 Å². The molecule has 1 atom stereocenters. The molecule has 3 aromatic rings. The molecule has 4 heteroatoms. The number of carbonyl (C=O) groups is 1. The fraction of sp³-hybridized carbons (Fsp3) is 0.190. The summed E-state index contributed by atoms with van der Waals surface area (Å²) < 4.78 is 11.1. The van der Waals surface area contributed by atoms with Gasteiger partial charge in [0.2, 0.25) is 0 Å². The molecule has 0 radical (unpaired) electrons. The molecule has 0 fully saturated rings. The minimum absolute atomic E-state index is 0.177. The zero-order valence-corrected chi connectivity index (χ0v) is 14.4. The number of ether oxygens (including phenoxy) is 2. The normalized spacial score (nSPS) is 11.8. The molecule has 0 aromatic heterocycles. The van der Waals surface area contributed by atoms with E-state index in [0.717, 1.165) is 10.8 Å². The number of benzene rings is 3. The van der Waals surface area contributed by atoms with Crippen LogP contribution in [0.25, 0.3) is 10.8 Å². The summed E-state index contributed by atoms with van der Waals surface area (Å²) in [5.74, 6) is 1.21. The summed E-state index contributed by atoms with van der Waals surface area (Å²) in [4.78, 5) is 12.5. The number of nitrogens with one attached hydrogen (secondary N) is 1. The first-order chi connectivity index (χ1) is 12.2. The van der Waals surface area contributed by atoms with Crippen LogP contribution in [0, 0.1) is 0 Å². The van der Waals surface area contributed by atoms with Crippen molar-refractivity contribution in [2.75, 3.05) is 12.4 Å². The van der Waals surface area contributed by atoms with Crippen LogP contribution in [-0.2, 0) is 4.79 Å². The Hall–Kier alpha value is -3.01. The molecule has 3 rings (SSSR count). The van der Waals surface area contributed by atoms with Crippen molar-refractivity contribution in [1.82, 2.24) is 0 Å². The first-order valence-electron chi connectivity index (χ1n) is 8.30. The number of hydrogen-bond donors (Lipinski definition) is 1. The highest BCUT2D eigenvalue weighted by Crippen LogP contribution is 2.23. The van der Waals surface area contributed by atoms with Crippen molar-refractivity contribution in [3.63, 3.8) is 0 Å². The smallest absolute Gasteiger partial charge is 0.265 e. The van der Waals surface area contributed by atoms with Gasteiger partial charge in [0.05, 0.1) is 7.11 Å². The molecule has 0 saturated heterocycles. The predicted octanol–water partition coefficient (Wildman–Crippen LogP) is 4.64. The van der Waals surface area contributed by atoms with Crippen molar-refractivity contribution in [2.45, 2.75) is 19.4 Å². The second kappa shape index (κ2) is 7.71. The molecule has 4 nitrogen and oxygen atoms in total. The van der Waals surface area contributed by atoms with Crippen LogP contribution in [0.4, 0.5) is 5.69 Å². The van der Waals surface area contributed by atoms with Gasteiger partial charge in [-0.3, -0.25) is 4.79 Å². The van der Waals surface area contributed by atoms with E-state index < -0.39 is 6.10 Å². The van der Waals surface area contributed by atoms with Gasteiger partial charge in [0.15, 0.2) is 6.10 Å². The number of amides is 1. The van der Waals surface area contributed by atoms with Crippen LogP contribution in [0.3, 0.4) is 0 Å².